The van der Waals surface area contributed by atoms with Gasteiger partial charge in [-0.3, -0.25) is 4.79 Å². The van der Waals surface area contributed by atoms with Crippen LogP contribution in [0.1, 0.15) is 17.9 Å². The molecule has 0 saturated carbocycles. The van der Waals surface area contributed by atoms with E-state index in [2.05, 4.69) is 0 Å². The van der Waals surface area contributed by atoms with E-state index in [1.54, 1.807) is 4.90 Å². The van der Waals surface area contributed by atoms with Gasteiger partial charge in [-0.15, -0.1) is 11.8 Å². The lowest BCUT2D eigenvalue weighted by Gasteiger charge is -2.36. The number of thioether (sulfide) groups is 1. The Morgan fingerprint density at radius 2 is 1.96 bits per heavy atom. The number of ether oxygens (including phenoxy) is 2. The second kappa shape index (κ2) is 7.60. The summed E-state index contributed by atoms with van der Waals surface area (Å²) in [6.45, 7) is 1.27. The van der Waals surface area contributed by atoms with E-state index >= 15 is 0 Å². The molecule has 136 valence electrons. The van der Waals surface area contributed by atoms with Crippen LogP contribution in [-0.4, -0.2) is 47.7 Å². The standard InChI is InChI=1S/C20H21NO4S/c22-17-11-21(20(23)12-26-15-4-2-1-3-5-15)9-8-16(17)14-6-7-18-19(10-14)25-13-24-18/h1-7,10,16-17,22H,8-9,11-13H2/t16-,17+/m0/s1. The highest BCUT2D eigenvalue weighted by molar-refractivity contribution is 8.00. The lowest BCUT2D eigenvalue weighted by Crippen LogP contribution is -2.46. The number of carbonyl (C=O) groups is 1. The lowest BCUT2D eigenvalue weighted by molar-refractivity contribution is -0.131. The zero-order valence-corrected chi connectivity index (χ0v) is 15.2. The van der Waals surface area contributed by atoms with E-state index in [1.807, 2.05) is 48.5 Å². The molecule has 0 aliphatic carbocycles. The van der Waals surface area contributed by atoms with Crippen molar-refractivity contribution < 1.29 is 19.4 Å². The summed E-state index contributed by atoms with van der Waals surface area (Å²) in [4.78, 5) is 15.3. The Labute approximate surface area is 156 Å². The van der Waals surface area contributed by atoms with Crippen LogP contribution in [-0.2, 0) is 4.79 Å². The third-order valence-corrected chi connectivity index (χ3v) is 5.86. The minimum atomic E-state index is -0.574. The van der Waals surface area contributed by atoms with E-state index in [1.165, 1.54) is 11.8 Å². The number of likely N-dealkylation sites (tertiary alicyclic amines) is 1. The first-order valence-corrected chi connectivity index (χ1v) is 9.72. The number of aliphatic hydroxyl groups is 1. The summed E-state index contributed by atoms with van der Waals surface area (Å²) >= 11 is 1.53. The van der Waals surface area contributed by atoms with E-state index < -0.39 is 6.10 Å². The second-order valence-corrected chi connectivity index (χ2v) is 7.57. The van der Waals surface area contributed by atoms with Crippen molar-refractivity contribution in [3.63, 3.8) is 0 Å². The maximum absolute atomic E-state index is 12.5. The smallest absolute Gasteiger partial charge is 0.233 e. The van der Waals surface area contributed by atoms with Gasteiger partial charge in [0.15, 0.2) is 11.5 Å². The monoisotopic (exact) mass is 371 g/mol. The molecule has 1 amide bonds. The highest BCUT2D eigenvalue weighted by atomic mass is 32.2. The molecule has 1 saturated heterocycles. The first kappa shape index (κ1) is 17.2. The number of hydrogen-bond acceptors (Lipinski definition) is 5. The van der Waals surface area contributed by atoms with Crippen molar-refractivity contribution in [3.8, 4) is 11.5 Å². The predicted octanol–water partition coefficient (Wildman–Crippen LogP) is 2.88. The molecule has 0 bridgehead atoms. The molecule has 2 aliphatic rings. The molecule has 26 heavy (non-hydrogen) atoms. The summed E-state index contributed by atoms with van der Waals surface area (Å²) in [5, 5.41) is 10.6. The van der Waals surface area contributed by atoms with Crippen LogP contribution in [0.5, 0.6) is 11.5 Å². The molecule has 0 aromatic heterocycles. The van der Waals surface area contributed by atoms with Gasteiger partial charge in [0.1, 0.15) is 0 Å². The fourth-order valence-electron chi connectivity index (χ4n) is 3.44. The molecule has 2 heterocycles. The van der Waals surface area contributed by atoms with Gasteiger partial charge < -0.3 is 19.5 Å². The van der Waals surface area contributed by atoms with Gasteiger partial charge in [-0.25, -0.2) is 0 Å². The Hall–Kier alpha value is -2.18. The minimum absolute atomic E-state index is 0.00956. The number of carbonyl (C=O) groups excluding carboxylic acids is 1. The fourth-order valence-corrected chi connectivity index (χ4v) is 4.27. The number of fused-ring (bicyclic) bond motifs is 1. The molecule has 1 N–H and O–H groups in total. The van der Waals surface area contributed by atoms with Gasteiger partial charge in [0.25, 0.3) is 0 Å². The quantitative estimate of drug-likeness (QED) is 0.838. The Balaban J connectivity index is 1.35. The van der Waals surface area contributed by atoms with Crippen molar-refractivity contribution >= 4 is 17.7 Å². The number of piperidine rings is 1. The van der Waals surface area contributed by atoms with Crippen molar-refractivity contribution in [2.45, 2.75) is 23.3 Å². The maximum atomic E-state index is 12.5. The van der Waals surface area contributed by atoms with Crippen LogP contribution in [0.4, 0.5) is 0 Å². The van der Waals surface area contributed by atoms with E-state index in [4.69, 9.17) is 9.47 Å². The molecule has 0 unspecified atom stereocenters. The molecule has 2 atom stereocenters. The van der Waals surface area contributed by atoms with E-state index in [9.17, 15) is 9.90 Å². The molecule has 4 rings (SSSR count). The molecule has 1 fully saturated rings. The number of nitrogens with zero attached hydrogens (tertiary/aromatic N) is 1. The summed E-state index contributed by atoms with van der Waals surface area (Å²) in [6, 6.07) is 15.7. The van der Waals surface area contributed by atoms with Crippen LogP contribution >= 0.6 is 11.8 Å². The number of hydrogen-bond donors (Lipinski definition) is 1. The maximum Gasteiger partial charge on any atom is 0.233 e. The van der Waals surface area contributed by atoms with Gasteiger partial charge in [-0.05, 0) is 36.2 Å². The van der Waals surface area contributed by atoms with Crippen LogP contribution < -0.4 is 9.47 Å². The van der Waals surface area contributed by atoms with E-state index in [0.717, 1.165) is 28.4 Å². The summed E-state index contributed by atoms with van der Waals surface area (Å²) in [7, 11) is 0. The van der Waals surface area contributed by atoms with Crippen LogP contribution in [0.2, 0.25) is 0 Å². The minimum Gasteiger partial charge on any atom is -0.454 e. The molecule has 0 spiro atoms. The van der Waals surface area contributed by atoms with Crippen molar-refractivity contribution in [2.75, 3.05) is 25.6 Å². The van der Waals surface area contributed by atoms with Gasteiger partial charge in [0.2, 0.25) is 12.7 Å². The summed E-state index contributed by atoms with van der Waals surface area (Å²) < 4.78 is 10.8. The predicted molar refractivity (Wildman–Crippen MR) is 99.7 cm³/mol. The highest BCUT2D eigenvalue weighted by Crippen LogP contribution is 2.37. The number of benzene rings is 2. The molecule has 0 radical (unpaired) electrons. The van der Waals surface area contributed by atoms with Crippen LogP contribution in [0.25, 0.3) is 0 Å². The SMILES string of the molecule is O=C(CSc1ccccc1)N1CC[C@@H](c2ccc3c(c2)OCO3)[C@H](O)C1. The number of amides is 1. The molecule has 5 nitrogen and oxygen atoms in total. The lowest BCUT2D eigenvalue weighted by atomic mass is 9.87. The molecular formula is C20H21NO4S. The third-order valence-electron chi connectivity index (χ3n) is 4.86. The van der Waals surface area contributed by atoms with Crippen LogP contribution in [0, 0.1) is 0 Å². The zero-order valence-electron chi connectivity index (χ0n) is 14.3. The van der Waals surface area contributed by atoms with Crippen molar-refractivity contribution in [2.24, 2.45) is 0 Å². The Kier molecular flexibility index (Phi) is 5.04. The number of rotatable bonds is 4. The molecular weight excluding hydrogens is 350 g/mol. The van der Waals surface area contributed by atoms with Gasteiger partial charge in [0.05, 0.1) is 11.9 Å². The first-order valence-electron chi connectivity index (χ1n) is 8.74. The van der Waals surface area contributed by atoms with Crippen LogP contribution in [0.15, 0.2) is 53.4 Å². The van der Waals surface area contributed by atoms with Gasteiger partial charge >= 0.3 is 0 Å². The molecule has 2 aliphatic heterocycles. The highest BCUT2D eigenvalue weighted by Gasteiger charge is 2.32. The van der Waals surface area contributed by atoms with Crippen LogP contribution in [0.3, 0.4) is 0 Å². The fraction of sp³-hybridized carbons (Fsp3) is 0.350. The Bertz CT molecular complexity index is 783. The number of aliphatic hydroxyl groups excluding tert-OH is 1. The Morgan fingerprint density at radius 1 is 1.15 bits per heavy atom. The first-order chi connectivity index (χ1) is 12.7. The summed E-state index contributed by atoms with van der Waals surface area (Å²) in [5.74, 6) is 1.95. The Morgan fingerprint density at radius 3 is 2.77 bits per heavy atom. The normalized spacial score (nSPS) is 21.7. The van der Waals surface area contributed by atoms with Gasteiger partial charge in [-0.1, -0.05) is 24.3 Å². The van der Waals surface area contributed by atoms with E-state index in [0.29, 0.717) is 18.8 Å². The molecule has 2 aromatic carbocycles. The topological polar surface area (TPSA) is 59.0 Å². The van der Waals surface area contributed by atoms with Crippen molar-refractivity contribution in [1.82, 2.24) is 4.90 Å². The average molecular weight is 371 g/mol. The number of β-amino-alcohol motifs (C(OH)–C–C–N with tert-alkyl or cyclic N) is 1. The largest absolute Gasteiger partial charge is 0.454 e. The molecule has 2 aromatic rings. The third kappa shape index (κ3) is 3.66. The zero-order chi connectivity index (χ0) is 17.9. The average Bonchev–Trinajstić information content (AvgIpc) is 3.14. The summed E-state index contributed by atoms with van der Waals surface area (Å²) in [6.07, 6.45) is 0.164. The second-order valence-electron chi connectivity index (χ2n) is 6.52. The van der Waals surface area contributed by atoms with Crippen molar-refractivity contribution in [3.05, 3.63) is 54.1 Å². The van der Waals surface area contributed by atoms with Gasteiger partial charge in [0, 0.05) is 23.9 Å². The molecule has 6 heteroatoms. The van der Waals surface area contributed by atoms with Gasteiger partial charge in [-0.2, -0.15) is 0 Å². The summed E-state index contributed by atoms with van der Waals surface area (Å²) in [5.41, 5.74) is 1.03. The van der Waals surface area contributed by atoms with E-state index in [-0.39, 0.29) is 18.6 Å². The van der Waals surface area contributed by atoms with Crippen molar-refractivity contribution in [1.29, 1.82) is 0 Å².